The molecule has 0 radical (unpaired) electrons. The lowest BCUT2D eigenvalue weighted by atomic mass is 10.2. The van der Waals surface area contributed by atoms with Crippen LogP contribution < -0.4 is 4.72 Å². The van der Waals surface area contributed by atoms with Gasteiger partial charge in [0.15, 0.2) is 0 Å². The van der Waals surface area contributed by atoms with Gasteiger partial charge in [-0.3, -0.25) is 0 Å². The predicted molar refractivity (Wildman–Crippen MR) is 76.4 cm³/mol. The van der Waals surface area contributed by atoms with E-state index in [2.05, 4.69) is 4.72 Å². The summed E-state index contributed by atoms with van der Waals surface area (Å²) in [5.74, 6) is -0.816. The molecule has 108 valence electrons. The van der Waals surface area contributed by atoms with E-state index in [1.807, 2.05) is 6.26 Å². The molecule has 7 heteroatoms. The highest BCUT2D eigenvalue weighted by molar-refractivity contribution is 7.99. The van der Waals surface area contributed by atoms with Crippen LogP contribution in [0, 0.1) is 17.1 Å². The van der Waals surface area contributed by atoms with Crippen molar-refractivity contribution in [3.63, 3.8) is 0 Å². The maximum atomic E-state index is 13.5. The summed E-state index contributed by atoms with van der Waals surface area (Å²) >= 11 is 1.72. The van der Waals surface area contributed by atoms with Crippen LogP contribution in [0.3, 0.4) is 0 Å². The number of rotatable bonds is 4. The number of nitriles is 1. The lowest BCUT2D eigenvalue weighted by Gasteiger charge is -2.14. The van der Waals surface area contributed by atoms with Gasteiger partial charge < -0.3 is 0 Å². The van der Waals surface area contributed by atoms with Crippen molar-refractivity contribution in [2.45, 2.75) is 35.4 Å². The monoisotopic (exact) mass is 314 g/mol. The van der Waals surface area contributed by atoms with E-state index in [0.717, 1.165) is 25.3 Å². The fourth-order valence-electron chi connectivity index (χ4n) is 2.38. The summed E-state index contributed by atoms with van der Waals surface area (Å²) in [6.45, 7) is 0. The maximum Gasteiger partial charge on any atom is 0.242 e. The number of hydrogen-bond donors (Lipinski definition) is 1. The largest absolute Gasteiger partial charge is 0.242 e. The second-order valence-corrected chi connectivity index (χ2v) is 7.53. The van der Waals surface area contributed by atoms with Crippen molar-refractivity contribution < 1.29 is 12.8 Å². The summed E-state index contributed by atoms with van der Waals surface area (Å²) in [5.41, 5.74) is -0.431. The van der Waals surface area contributed by atoms with E-state index < -0.39 is 21.4 Å². The van der Waals surface area contributed by atoms with Gasteiger partial charge in [0.25, 0.3) is 0 Å². The molecule has 0 amide bonds. The molecular formula is C13H15FN2O2S2. The molecule has 4 nitrogen and oxygen atoms in total. The number of thioether (sulfide) groups is 1. The third-order valence-electron chi connectivity index (χ3n) is 3.42. The topological polar surface area (TPSA) is 70.0 Å². The molecule has 0 unspecified atom stereocenters. The van der Waals surface area contributed by atoms with Gasteiger partial charge in [-0.2, -0.15) is 17.0 Å². The van der Waals surface area contributed by atoms with Crippen molar-refractivity contribution in [1.29, 1.82) is 5.26 Å². The van der Waals surface area contributed by atoms with Crippen molar-refractivity contribution in [3.8, 4) is 6.07 Å². The molecular weight excluding hydrogens is 299 g/mol. The number of nitrogens with zero attached hydrogens (tertiary/aromatic N) is 1. The summed E-state index contributed by atoms with van der Waals surface area (Å²) in [5, 5.41) is 9.37. The van der Waals surface area contributed by atoms with Gasteiger partial charge >= 0.3 is 0 Å². The third-order valence-corrected chi connectivity index (χ3v) is 6.07. The fourth-order valence-corrected chi connectivity index (χ4v) is 4.63. The number of hydrogen-bond acceptors (Lipinski definition) is 4. The molecule has 0 saturated heterocycles. The molecule has 20 heavy (non-hydrogen) atoms. The first-order chi connectivity index (χ1) is 9.47. The Morgan fingerprint density at radius 2 is 2.20 bits per heavy atom. The van der Waals surface area contributed by atoms with Crippen molar-refractivity contribution >= 4 is 21.8 Å². The minimum atomic E-state index is -3.86. The standard InChI is InChI=1S/C13H15FN2O2S2/c1-19-10-6-5-9(7-10)16-20(17,18)13-4-2-3-12(14)11(13)8-15/h2-4,9-10,16H,5-7H2,1H3/t9-,10+/m0/s1. The molecule has 0 aliphatic heterocycles. The van der Waals surface area contributed by atoms with E-state index in [-0.39, 0.29) is 10.9 Å². The SMILES string of the molecule is CS[C@@H]1CC[C@H](NS(=O)(=O)c2cccc(F)c2C#N)C1. The van der Waals surface area contributed by atoms with E-state index in [1.165, 1.54) is 12.1 Å². The summed E-state index contributed by atoms with van der Waals surface area (Å²) in [4.78, 5) is -0.285. The quantitative estimate of drug-likeness (QED) is 0.925. The van der Waals surface area contributed by atoms with Gasteiger partial charge in [-0.25, -0.2) is 17.5 Å². The van der Waals surface area contributed by atoms with Crippen LogP contribution in [-0.4, -0.2) is 26.0 Å². The molecule has 0 heterocycles. The van der Waals surface area contributed by atoms with Crippen LogP contribution in [-0.2, 0) is 10.0 Å². The Bertz CT molecular complexity index is 640. The molecule has 1 aliphatic rings. The molecule has 0 bridgehead atoms. The van der Waals surface area contributed by atoms with E-state index in [1.54, 1.807) is 17.8 Å². The van der Waals surface area contributed by atoms with Gasteiger partial charge in [0.1, 0.15) is 22.3 Å². The van der Waals surface area contributed by atoms with E-state index >= 15 is 0 Å². The van der Waals surface area contributed by atoms with E-state index in [0.29, 0.717) is 5.25 Å². The Morgan fingerprint density at radius 3 is 2.80 bits per heavy atom. The fraction of sp³-hybridized carbons (Fsp3) is 0.462. The van der Waals surface area contributed by atoms with Crippen LogP contribution in [0.25, 0.3) is 0 Å². The summed E-state index contributed by atoms with van der Waals surface area (Å²) in [6, 6.07) is 5.10. The average Bonchev–Trinajstić information content (AvgIpc) is 2.85. The molecule has 2 atom stereocenters. The lowest BCUT2D eigenvalue weighted by Crippen LogP contribution is -2.33. The Labute approximate surface area is 122 Å². The molecule has 0 aromatic heterocycles. The Kier molecular flexibility index (Phi) is 4.68. The van der Waals surface area contributed by atoms with Crippen LogP contribution in [0.15, 0.2) is 23.1 Å². The Hall–Kier alpha value is -1.10. The molecule has 1 N–H and O–H groups in total. The van der Waals surface area contributed by atoms with Gasteiger partial charge in [-0.15, -0.1) is 0 Å². The highest BCUT2D eigenvalue weighted by Gasteiger charge is 2.29. The summed E-state index contributed by atoms with van der Waals surface area (Å²) < 4.78 is 40.6. The van der Waals surface area contributed by atoms with Crippen molar-refractivity contribution in [2.75, 3.05) is 6.26 Å². The van der Waals surface area contributed by atoms with Crippen LogP contribution in [0.1, 0.15) is 24.8 Å². The van der Waals surface area contributed by atoms with Crippen LogP contribution in [0.4, 0.5) is 4.39 Å². The molecule has 0 spiro atoms. The zero-order chi connectivity index (χ0) is 14.8. The van der Waals surface area contributed by atoms with E-state index in [9.17, 15) is 12.8 Å². The van der Waals surface area contributed by atoms with Gasteiger partial charge in [0, 0.05) is 11.3 Å². The van der Waals surface area contributed by atoms with Crippen LogP contribution in [0.5, 0.6) is 0 Å². The molecule has 1 aromatic rings. The van der Waals surface area contributed by atoms with Gasteiger partial charge in [0.2, 0.25) is 10.0 Å². The van der Waals surface area contributed by atoms with Crippen LogP contribution >= 0.6 is 11.8 Å². The summed E-state index contributed by atoms with van der Waals surface area (Å²) in [6.07, 6.45) is 4.49. The second kappa shape index (κ2) is 6.12. The second-order valence-electron chi connectivity index (χ2n) is 4.71. The molecule has 1 fully saturated rings. The minimum Gasteiger partial charge on any atom is -0.208 e. The third kappa shape index (κ3) is 3.14. The molecule has 1 aliphatic carbocycles. The highest BCUT2D eigenvalue weighted by Crippen LogP contribution is 2.29. The Morgan fingerprint density at radius 1 is 1.45 bits per heavy atom. The highest BCUT2D eigenvalue weighted by atomic mass is 32.2. The molecule has 2 rings (SSSR count). The first kappa shape index (κ1) is 15.3. The van der Waals surface area contributed by atoms with Crippen LogP contribution in [0.2, 0.25) is 0 Å². The van der Waals surface area contributed by atoms with Gasteiger partial charge in [-0.05, 0) is 37.7 Å². The predicted octanol–water partition coefficient (Wildman–Crippen LogP) is 2.26. The van der Waals surface area contributed by atoms with Gasteiger partial charge in [-0.1, -0.05) is 6.07 Å². The summed E-state index contributed by atoms with van der Waals surface area (Å²) in [7, 11) is -3.86. The lowest BCUT2D eigenvalue weighted by molar-refractivity contribution is 0.550. The maximum absolute atomic E-state index is 13.5. The first-order valence-corrected chi connectivity index (χ1v) is 8.98. The first-order valence-electron chi connectivity index (χ1n) is 6.21. The smallest absolute Gasteiger partial charge is 0.208 e. The number of sulfonamides is 1. The van der Waals surface area contributed by atoms with Crippen molar-refractivity contribution in [3.05, 3.63) is 29.6 Å². The zero-order valence-electron chi connectivity index (χ0n) is 11.0. The normalized spacial score (nSPS) is 22.6. The molecule has 1 aromatic carbocycles. The zero-order valence-corrected chi connectivity index (χ0v) is 12.6. The Balaban J connectivity index is 2.24. The minimum absolute atomic E-state index is 0.146. The van der Waals surface area contributed by atoms with E-state index in [4.69, 9.17) is 5.26 Å². The van der Waals surface area contributed by atoms with Crippen molar-refractivity contribution in [2.24, 2.45) is 0 Å². The number of halogens is 1. The number of benzene rings is 1. The van der Waals surface area contributed by atoms with Crippen molar-refractivity contribution in [1.82, 2.24) is 4.72 Å². The molecule has 1 saturated carbocycles. The van der Waals surface area contributed by atoms with Gasteiger partial charge in [0.05, 0.1) is 0 Å². The number of nitrogens with one attached hydrogen (secondary N) is 1. The average molecular weight is 314 g/mol.